The van der Waals surface area contributed by atoms with Crippen LogP contribution in [0.25, 0.3) is 0 Å². The van der Waals surface area contributed by atoms with Crippen LogP contribution >= 0.6 is 0 Å². The van der Waals surface area contributed by atoms with Crippen molar-refractivity contribution in [3.05, 3.63) is 35.7 Å². The number of hydrogen-bond donors (Lipinski definition) is 2. The minimum atomic E-state index is 1.01. The molecule has 0 aliphatic heterocycles. The highest BCUT2D eigenvalue weighted by molar-refractivity contribution is 5.19. The van der Waals surface area contributed by atoms with Crippen LogP contribution in [0.15, 0.2) is 35.7 Å². The lowest BCUT2D eigenvalue weighted by Crippen LogP contribution is -2.09. The van der Waals surface area contributed by atoms with Gasteiger partial charge in [0.1, 0.15) is 0 Å². The molecule has 0 rings (SSSR count). The Hall–Kier alpha value is -1.02. The third-order valence-corrected chi connectivity index (χ3v) is 2.15. The fraction of sp³-hybridized carbons (Fsp3) is 0.538. The predicted octanol–water partition coefficient (Wildman–Crippen LogP) is 2.96. The molecule has 0 bridgehead atoms. The topological polar surface area (TPSA) is 24.1 Å². The first-order valence-corrected chi connectivity index (χ1v) is 5.64. The van der Waals surface area contributed by atoms with Crippen LogP contribution in [-0.2, 0) is 0 Å². The Morgan fingerprint density at radius 1 is 1.33 bits per heavy atom. The van der Waals surface area contributed by atoms with Crippen molar-refractivity contribution in [2.75, 3.05) is 13.6 Å². The van der Waals surface area contributed by atoms with Gasteiger partial charge >= 0.3 is 0 Å². The molecule has 0 aromatic heterocycles. The van der Waals surface area contributed by atoms with E-state index in [1.807, 2.05) is 14.0 Å². The zero-order valence-corrected chi connectivity index (χ0v) is 10.4. The van der Waals surface area contributed by atoms with Crippen LogP contribution in [0.2, 0.25) is 0 Å². The molecular formula is C13H24N2. The summed E-state index contributed by atoms with van der Waals surface area (Å²) in [5.74, 6) is 0. The van der Waals surface area contributed by atoms with E-state index in [9.17, 15) is 0 Å². The van der Waals surface area contributed by atoms with Crippen LogP contribution in [0.4, 0.5) is 0 Å². The van der Waals surface area contributed by atoms with Gasteiger partial charge in [-0.05, 0) is 45.9 Å². The molecule has 0 aliphatic carbocycles. The van der Waals surface area contributed by atoms with E-state index in [2.05, 4.69) is 48.9 Å². The largest absolute Gasteiger partial charge is 0.365 e. The molecule has 0 aromatic rings. The van der Waals surface area contributed by atoms with Gasteiger partial charge in [0.25, 0.3) is 0 Å². The van der Waals surface area contributed by atoms with Crippen molar-refractivity contribution in [3.63, 3.8) is 0 Å². The summed E-state index contributed by atoms with van der Waals surface area (Å²) in [7, 11) is 1.98. The maximum atomic E-state index is 3.27. The van der Waals surface area contributed by atoms with E-state index in [1.165, 1.54) is 11.3 Å². The Kier molecular flexibility index (Phi) is 8.88. The predicted molar refractivity (Wildman–Crippen MR) is 68.6 cm³/mol. The lowest BCUT2D eigenvalue weighted by Gasteiger charge is -2.04. The molecule has 0 aliphatic rings. The highest BCUT2D eigenvalue weighted by atomic mass is 14.8. The van der Waals surface area contributed by atoms with Crippen LogP contribution in [0, 0.1) is 0 Å². The second-order valence-corrected chi connectivity index (χ2v) is 3.50. The molecule has 0 aromatic carbocycles. The van der Waals surface area contributed by atoms with Gasteiger partial charge in [-0.15, -0.1) is 0 Å². The van der Waals surface area contributed by atoms with Crippen molar-refractivity contribution in [1.29, 1.82) is 0 Å². The molecule has 0 saturated heterocycles. The quantitative estimate of drug-likeness (QED) is 0.629. The van der Waals surface area contributed by atoms with Crippen LogP contribution in [0.3, 0.4) is 0 Å². The van der Waals surface area contributed by atoms with E-state index in [1.54, 1.807) is 0 Å². The first-order chi connectivity index (χ1) is 7.24. The minimum absolute atomic E-state index is 1.01. The number of rotatable bonds is 7. The molecule has 15 heavy (non-hydrogen) atoms. The summed E-state index contributed by atoms with van der Waals surface area (Å²) in [6, 6.07) is 0. The SMILES string of the molecule is C/C=C(\C)N/C=C(\C=C\CC)CCNC. The number of nitrogens with one attached hydrogen (secondary N) is 2. The molecule has 0 fully saturated rings. The highest BCUT2D eigenvalue weighted by Gasteiger charge is 1.91. The van der Waals surface area contributed by atoms with E-state index < -0.39 is 0 Å². The number of allylic oxidation sites excluding steroid dienone is 4. The van der Waals surface area contributed by atoms with Gasteiger partial charge in [-0.25, -0.2) is 0 Å². The molecule has 86 valence electrons. The second kappa shape index (κ2) is 9.53. The van der Waals surface area contributed by atoms with Gasteiger partial charge in [-0.2, -0.15) is 0 Å². The molecule has 2 N–H and O–H groups in total. The van der Waals surface area contributed by atoms with Crippen molar-refractivity contribution in [3.8, 4) is 0 Å². The Morgan fingerprint density at radius 2 is 2.07 bits per heavy atom. The van der Waals surface area contributed by atoms with Gasteiger partial charge in [0.2, 0.25) is 0 Å². The summed E-state index contributed by atoms with van der Waals surface area (Å²) >= 11 is 0. The van der Waals surface area contributed by atoms with Crippen molar-refractivity contribution < 1.29 is 0 Å². The monoisotopic (exact) mass is 208 g/mol. The highest BCUT2D eigenvalue weighted by Crippen LogP contribution is 2.03. The summed E-state index contributed by atoms with van der Waals surface area (Å²) in [5.41, 5.74) is 2.51. The fourth-order valence-corrected chi connectivity index (χ4v) is 1.03. The standard InChI is InChI=1S/C13H24N2/c1-5-7-8-13(9-10-14-4)11-15-12(3)6-2/h6-8,11,14-15H,5,9-10H2,1-4H3/b8-7+,12-6+,13-11+. The average molecular weight is 208 g/mol. The van der Waals surface area contributed by atoms with Gasteiger partial charge in [0.05, 0.1) is 0 Å². The normalized spacial score (nSPS) is 13.6. The summed E-state index contributed by atoms with van der Waals surface area (Å²) in [4.78, 5) is 0. The fourth-order valence-electron chi connectivity index (χ4n) is 1.03. The lowest BCUT2D eigenvalue weighted by molar-refractivity contribution is 0.789. The lowest BCUT2D eigenvalue weighted by atomic mass is 10.2. The molecule has 0 atom stereocenters. The van der Waals surface area contributed by atoms with E-state index in [0.717, 1.165) is 19.4 Å². The van der Waals surface area contributed by atoms with Gasteiger partial charge in [-0.1, -0.05) is 25.2 Å². The smallest absolute Gasteiger partial charge is 0.00715 e. The van der Waals surface area contributed by atoms with E-state index in [4.69, 9.17) is 0 Å². The molecule has 2 heteroatoms. The van der Waals surface area contributed by atoms with E-state index in [0.29, 0.717) is 0 Å². The van der Waals surface area contributed by atoms with Crippen LogP contribution in [0.1, 0.15) is 33.6 Å². The van der Waals surface area contributed by atoms with Gasteiger partial charge < -0.3 is 10.6 Å². The summed E-state index contributed by atoms with van der Waals surface area (Å²) in [5, 5.41) is 6.43. The Bertz CT molecular complexity index is 237. The number of hydrogen-bond acceptors (Lipinski definition) is 2. The summed E-state index contributed by atoms with van der Waals surface area (Å²) in [6.45, 7) is 7.26. The van der Waals surface area contributed by atoms with Crippen molar-refractivity contribution in [2.24, 2.45) is 0 Å². The van der Waals surface area contributed by atoms with Crippen LogP contribution in [0.5, 0.6) is 0 Å². The Balaban J connectivity index is 4.26. The Morgan fingerprint density at radius 3 is 2.60 bits per heavy atom. The molecular weight excluding hydrogens is 184 g/mol. The van der Waals surface area contributed by atoms with Gasteiger partial charge in [-0.3, -0.25) is 0 Å². The van der Waals surface area contributed by atoms with Crippen molar-refractivity contribution >= 4 is 0 Å². The van der Waals surface area contributed by atoms with E-state index in [-0.39, 0.29) is 0 Å². The molecule has 0 unspecified atom stereocenters. The third kappa shape index (κ3) is 8.01. The first-order valence-electron chi connectivity index (χ1n) is 5.64. The average Bonchev–Trinajstić information content (AvgIpc) is 2.27. The zero-order valence-electron chi connectivity index (χ0n) is 10.4. The van der Waals surface area contributed by atoms with Crippen LogP contribution in [-0.4, -0.2) is 13.6 Å². The van der Waals surface area contributed by atoms with Gasteiger partial charge in [0.15, 0.2) is 0 Å². The molecule has 0 saturated carbocycles. The Labute approximate surface area is 94.1 Å². The summed E-state index contributed by atoms with van der Waals surface area (Å²) in [6.07, 6.45) is 10.7. The molecule has 0 radical (unpaired) electrons. The second-order valence-electron chi connectivity index (χ2n) is 3.50. The maximum Gasteiger partial charge on any atom is 0.00715 e. The molecule has 0 spiro atoms. The minimum Gasteiger partial charge on any atom is -0.365 e. The molecule has 2 nitrogen and oxygen atoms in total. The van der Waals surface area contributed by atoms with Gasteiger partial charge in [0, 0.05) is 11.9 Å². The van der Waals surface area contributed by atoms with Crippen molar-refractivity contribution in [2.45, 2.75) is 33.6 Å². The maximum absolute atomic E-state index is 3.27. The first kappa shape index (κ1) is 14.0. The van der Waals surface area contributed by atoms with Crippen LogP contribution < -0.4 is 10.6 Å². The third-order valence-electron chi connectivity index (χ3n) is 2.15. The van der Waals surface area contributed by atoms with Crippen molar-refractivity contribution in [1.82, 2.24) is 10.6 Å². The molecule has 0 heterocycles. The summed E-state index contributed by atoms with van der Waals surface area (Å²) < 4.78 is 0. The zero-order chi connectivity index (χ0) is 11.5. The molecule has 0 amide bonds. The van der Waals surface area contributed by atoms with E-state index >= 15 is 0 Å².